The van der Waals surface area contributed by atoms with Crippen molar-refractivity contribution < 1.29 is 8.83 Å². The van der Waals surface area contributed by atoms with Crippen LogP contribution in [0.5, 0.6) is 0 Å². The largest absolute Gasteiger partial charge is 0.456 e. The third-order valence-corrected chi connectivity index (χ3v) is 13.5. The molecule has 0 aliphatic carbocycles. The molecule has 0 bridgehead atoms. The molecule has 7 heteroatoms. The fourth-order valence-corrected chi connectivity index (χ4v) is 10.5. The van der Waals surface area contributed by atoms with Crippen LogP contribution in [0.15, 0.2) is 209 Å². The zero-order valence-corrected chi connectivity index (χ0v) is 35.1. The van der Waals surface area contributed by atoms with Crippen molar-refractivity contribution in [2.75, 3.05) is 0 Å². The van der Waals surface area contributed by atoms with Gasteiger partial charge in [-0.3, -0.25) is 4.57 Å². The van der Waals surface area contributed by atoms with Crippen molar-refractivity contribution in [3.8, 4) is 34.4 Å². The van der Waals surface area contributed by atoms with Gasteiger partial charge in [0.25, 0.3) is 0 Å². The third-order valence-electron chi connectivity index (χ3n) is 13.5. The van der Waals surface area contributed by atoms with Gasteiger partial charge in [0.2, 0.25) is 5.95 Å². The van der Waals surface area contributed by atoms with E-state index in [4.69, 9.17) is 23.8 Å². The maximum atomic E-state index is 7.14. The molecule has 0 fully saturated rings. The van der Waals surface area contributed by atoms with E-state index in [1.54, 1.807) is 0 Å². The lowest BCUT2D eigenvalue weighted by atomic mass is 10.0. The molecule has 15 rings (SSSR count). The van der Waals surface area contributed by atoms with Crippen molar-refractivity contribution >= 4 is 109 Å². The molecule has 5 aromatic heterocycles. The van der Waals surface area contributed by atoms with E-state index in [0.29, 0.717) is 23.2 Å². The summed E-state index contributed by atoms with van der Waals surface area (Å²) in [5, 5.41) is 13.2. The zero-order valence-electron chi connectivity index (χ0n) is 35.1. The van der Waals surface area contributed by atoms with Gasteiger partial charge in [0, 0.05) is 59.7 Å². The molecule has 0 saturated carbocycles. The number of aromatic nitrogens is 5. The number of fused-ring (bicyclic) bond motifs is 15. The molecule has 0 unspecified atom stereocenters. The van der Waals surface area contributed by atoms with Gasteiger partial charge >= 0.3 is 0 Å². The molecule has 7 nitrogen and oxygen atoms in total. The fraction of sp³-hybridized carbons (Fsp3) is 0. The Labute approximate surface area is 375 Å². The number of hydrogen-bond donors (Lipinski definition) is 0. The van der Waals surface area contributed by atoms with Gasteiger partial charge in [0.15, 0.2) is 11.6 Å². The summed E-state index contributed by atoms with van der Waals surface area (Å²) in [4.78, 5) is 16.3. The lowest BCUT2D eigenvalue weighted by Gasteiger charge is -2.13. The van der Waals surface area contributed by atoms with Crippen LogP contribution in [-0.4, -0.2) is 24.1 Å². The minimum Gasteiger partial charge on any atom is -0.456 e. The highest BCUT2D eigenvalue weighted by Gasteiger charge is 2.24. The number of furan rings is 2. The molecule has 0 aliphatic heterocycles. The van der Waals surface area contributed by atoms with Gasteiger partial charge in [0.1, 0.15) is 22.3 Å². The second-order valence-electron chi connectivity index (χ2n) is 17.2. The van der Waals surface area contributed by atoms with Crippen LogP contribution in [0.1, 0.15) is 0 Å². The highest BCUT2D eigenvalue weighted by molar-refractivity contribution is 6.19. The van der Waals surface area contributed by atoms with Crippen LogP contribution >= 0.6 is 0 Å². The molecular weight excluding hydrogens is 811 g/mol. The second kappa shape index (κ2) is 13.2. The van der Waals surface area contributed by atoms with E-state index in [0.717, 1.165) is 98.7 Å². The van der Waals surface area contributed by atoms with Crippen LogP contribution in [0.25, 0.3) is 143 Å². The molecule has 10 aromatic carbocycles. The average molecular weight is 844 g/mol. The average Bonchev–Trinajstić information content (AvgIpc) is 4.13. The Kier molecular flexibility index (Phi) is 7.10. The first-order valence-electron chi connectivity index (χ1n) is 22.2. The summed E-state index contributed by atoms with van der Waals surface area (Å²) in [6.45, 7) is 0. The van der Waals surface area contributed by atoms with Crippen LogP contribution in [0.4, 0.5) is 0 Å². The molecular formula is C59H33N5O2. The van der Waals surface area contributed by atoms with E-state index in [-0.39, 0.29) is 0 Å². The maximum Gasteiger partial charge on any atom is 0.238 e. The minimum absolute atomic E-state index is 0.496. The molecule has 0 N–H and O–H groups in total. The van der Waals surface area contributed by atoms with Gasteiger partial charge in [-0.1, -0.05) is 127 Å². The van der Waals surface area contributed by atoms with Gasteiger partial charge in [-0.25, -0.2) is 4.98 Å². The number of rotatable bonds is 4. The summed E-state index contributed by atoms with van der Waals surface area (Å²) >= 11 is 0. The van der Waals surface area contributed by atoms with Crippen molar-refractivity contribution in [1.82, 2.24) is 24.1 Å². The maximum absolute atomic E-state index is 7.14. The first kappa shape index (κ1) is 35.4. The normalized spacial score (nSPS) is 12.2. The predicted octanol–water partition coefficient (Wildman–Crippen LogP) is 15.5. The fourth-order valence-electron chi connectivity index (χ4n) is 10.5. The quantitative estimate of drug-likeness (QED) is 0.176. The Morgan fingerprint density at radius 3 is 1.70 bits per heavy atom. The molecule has 306 valence electrons. The van der Waals surface area contributed by atoms with E-state index in [1.807, 2.05) is 30.3 Å². The summed E-state index contributed by atoms with van der Waals surface area (Å²) in [6.07, 6.45) is 0. The molecule has 0 amide bonds. The molecule has 0 saturated heterocycles. The molecule has 15 aromatic rings. The van der Waals surface area contributed by atoms with Gasteiger partial charge < -0.3 is 13.4 Å². The first-order chi connectivity index (χ1) is 32.7. The van der Waals surface area contributed by atoms with E-state index >= 15 is 0 Å². The molecule has 0 radical (unpaired) electrons. The van der Waals surface area contributed by atoms with Crippen molar-refractivity contribution in [2.45, 2.75) is 0 Å². The van der Waals surface area contributed by atoms with E-state index in [2.05, 4.69) is 179 Å². The summed E-state index contributed by atoms with van der Waals surface area (Å²) < 4.78 is 18.0. The summed E-state index contributed by atoms with van der Waals surface area (Å²) in [6, 6.07) is 70.4. The summed E-state index contributed by atoms with van der Waals surface area (Å²) in [7, 11) is 0. The second-order valence-corrected chi connectivity index (χ2v) is 17.2. The molecule has 0 aliphatic rings. The Balaban J connectivity index is 1.08. The van der Waals surface area contributed by atoms with E-state index < -0.39 is 0 Å². The molecule has 0 atom stereocenters. The first-order valence-corrected chi connectivity index (χ1v) is 22.2. The minimum atomic E-state index is 0.496. The third kappa shape index (κ3) is 4.99. The Morgan fingerprint density at radius 1 is 0.318 bits per heavy atom. The zero-order chi connectivity index (χ0) is 43.0. The summed E-state index contributed by atoms with van der Waals surface area (Å²) in [5.41, 5.74) is 9.97. The Hall–Kier alpha value is -9.07. The molecule has 66 heavy (non-hydrogen) atoms. The van der Waals surface area contributed by atoms with Crippen molar-refractivity contribution in [2.24, 2.45) is 0 Å². The van der Waals surface area contributed by atoms with Crippen LogP contribution in [-0.2, 0) is 0 Å². The number of hydrogen-bond acceptors (Lipinski definition) is 5. The van der Waals surface area contributed by atoms with Gasteiger partial charge in [-0.2, -0.15) is 9.97 Å². The highest BCUT2D eigenvalue weighted by atomic mass is 16.3. The van der Waals surface area contributed by atoms with Crippen molar-refractivity contribution in [3.05, 3.63) is 200 Å². The van der Waals surface area contributed by atoms with Crippen LogP contribution in [0, 0.1) is 0 Å². The number of benzene rings is 10. The molecule has 0 spiro atoms. The van der Waals surface area contributed by atoms with Crippen LogP contribution in [0.2, 0.25) is 0 Å². The van der Waals surface area contributed by atoms with Crippen molar-refractivity contribution in [1.29, 1.82) is 0 Å². The topological polar surface area (TPSA) is 74.8 Å². The van der Waals surface area contributed by atoms with Gasteiger partial charge in [0.05, 0.1) is 27.6 Å². The SMILES string of the molecule is c1ccc2cc3c(cc2c1)c1ccccc1n3-c1cc(-c2nc(-c3ccc4oc5ccccc5c4c3)nc(-n3c4ccccc4c4ccccc43)n2)c2oc3c4ccccc4ccc3c2c1. The smallest absolute Gasteiger partial charge is 0.238 e. The van der Waals surface area contributed by atoms with E-state index in [1.165, 1.54) is 21.5 Å². The van der Waals surface area contributed by atoms with Crippen molar-refractivity contribution in [3.63, 3.8) is 0 Å². The lowest BCUT2D eigenvalue weighted by molar-refractivity contribution is 0.669. The number of para-hydroxylation sites is 4. The monoisotopic (exact) mass is 843 g/mol. The Morgan fingerprint density at radius 2 is 0.924 bits per heavy atom. The summed E-state index contributed by atoms with van der Waals surface area (Å²) in [5.74, 6) is 1.54. The standard InChI is InChI=1S/C59H33N5O2/c1-2-15-36-31-52-45(29-35(36)14-1)42-19-7-9-21-49(42)63(52)38-32-47-44-27-25-34-13-3-4-16-39(34)55(44)66-56(47)48(33-38)58-60-57(37-26-28-54-46(30-37)43-20-8-12-24-53(43)65-54)61-59(62-58)64-50-22-10-5-17-40(50)41-18-6-11-23-51(41)64/h1-33H. The molecule has 5 heterocycles. The predicted molar refractivity (Wildman–Crippen MR) is 269 cm³/mol. The van der Waals surface area contributed by atoms with Crippen LogP contribution in [0.3, 0.4) is 0 Å². The van der Waals surface area contributed by atoms with Gasteiger partial charge in [-0.05, 0) is 89.0 Å². The highest BCUT2D eigenvalue weighted by Crippen LogP contribution is 2.43. The van der Waals surface area contributed by atoms with Gasteiger partial charge in [-0.15, -0.1) is 0 Å². The Bertz CT molecular complexity index is 4500. The lowest BCUT2D eigenvalue weighted by Crippen LogP contribution is -2.07. The number of nitrogens with zero attached hydrogens (tertiary/aromatic N) is 5. The van der Waals surface area contributed by atoms with Crippen LogP contribution < -0.4 is 0 Å². The van der Waals surface area contributed by atoms with E-state index in [9.17, 15) is 0 Å².